The number of benzene rings is 3. The second kappa shape index (κ2) is 8.68. The molecule has 2 nitrogen and oxygen atoms in total. The predicted molar refractivity (Wildman–Crippen MR) is 167 cm³/mol. The van der Waals surface area contributed by atoms with Gasteiger partial charge in [0.2, 0.25) is 0 Å². The standard InChI is InChI=1S/C34H45NOSi2/c1-22-18-19-28-27(20-22)31-32(35(28)5)25-16-12-13-17-26(25)33(31)37(6,7)30-21-29(23-14-10-11-15-24(23)30)36-38(8,9)34(2,3)4/h10-20,29-33H,21H2,1-9H3. The lowest BCUT2D eigenvalue weighted by Gasteiger charge is -2.41. The summed E-state index contributed by atoms with van der Waals surface area (Å²) in [5, 5.41) is 0.209. The molecule has 5 atom stereocenters. The molecular weight excluding hydrogens is 495 g/mol. The van der Waals surface area contributed by atoms with Crippen LogP contribution in [0.15, 0.2) is 66.7 Å². The van der Waals surface area contributed by atoms with Crippen molar-refractivity contribution in [1.29, 1.82) is 0 Å². The van der Waals surface area contributed by atoms with E-state index in [0.29, 0.717) is 23.0 Å². The zero-order valence-electron chi connectivity index (χ0n) is 24.8. The third-order valence-electron chi connectivity index (χ3n) is 10.8. The molecule has 0 fully saturated rings. The van der Waals surface area contributed by atoms with Crippen LogP contribution >= 0.6 is 0 Å². The highest BCUT2D eigenvalue weighted by Gasteiger charge is 2.57. The summed E-state index contributed by atoms with van der Waals surface area (Å²) in [5.74, 6) is 0.529. The van der Waals surface area contributed by atoms with Gasteiger partial charge in [0, 0.05) is 18.7 Å². The lowest BCUT2D eigenvalue weighted by molar-refractivity contribution is 0.183. The molecule has 0 N–H and O–H groups in total. The first-order chi connectivity index (χ1) is 17.8. The molecule has 3 aromatic rings. The molecule has 3 aromatic carbocycles. The van der Waals surface area contributed by atoms with Crippen molar-refractivity contribution in [1.82, 2.24) is 0 Å². The number of fused-ring (bicyclic) bond motifs is 6. The highest BCUT2D eigenvalue weighted by atomic mass is 28.4. The summed E-state index contributed by atoms with van der Waals surface area (Å²) in [7, 11) is -1.47. The second-order valence-corrected chi connectivity index (χ2v) is 24.1. The fourth-order valence-electron chi connectivity index (χ4n) is 7.86. The summed E-state index contributed by atoms with van der Waals surface area (Å²) in [6.07, 6.45) is 1.36. The molecule has 0 aromatic heterocycles. The van der Waals surface area contributed by atoms with Crippen LogP contribution in [0.2, 0.25) is 31.2 Å². The number of nitrogens with zero attached hydrogens (tertiary/aromatic N) is 1. The number of likely N-dealkylation sites (N-methyl/N-ethyl adjacent to an activating group) is 1. The molecular formula is C34H45NOSi2. The van der Waals surface area contributed by atoms with Gasteiger partial charge < -0.3 is 9.33 Å². The molecule has 4 heteroatoms. The van der Waals surface area contributed by atoms with E-state index in [1.165, 1.54) is 16.8 Å². The van der Waals surface area contributed by atoms with Gasteiger partial charge in [0.25, 0.3) is 0 Å². The summed E-state index contributed by atoms with van der Waals surface area (Å²) >= 11 is 0. The maximum absolute atomic E-state index is 7.18. The van der Waals surface area contributed by atoms with Crippen molar-refractivity contribution in [3.05, 3.63) is 100 Å². The molecule has 2 aliphatic carbocycles. The molecule has 1 heterocycles. The van der Waals surface area contributed by atoms with Crippen LogP contribution in [0.25, 0.3) is 0 Å². The minimum absolute atomic E-state index is 0.209. The van der Waals surface area contributed by atoms with Crippen molar-refractivity contribution >= 4 is 22.1 Å². The average Bonchev–Trinajstić information content (AvgIpc) is 3.48. The predicted octanol–water partition coefficient (Wildman–Crippen LogP) is 9.40. The largest absolute Gasteiger partial charge is 0.410 e. The van der Waals surface area contributed by atoms with Crippen LogP contribution in [0, 0.1) is 6.92 Å². The fourth-order valence-corrected chi connectivity index (χ4v) is 13.8. The summed E-state index contributed by atoms with van der Waals surface area (Å²) in [6.45, 7) is 19.6. The van der Waals surface area contributed by atoms with Gasteiger partial charge in [-0.05, 0) is 76.4 Å². The Kier molecular flexibility index (Phi) is 5.96. The Morgan fingerprint density at radius 2 is 1.39 bits per heavy atom. The van der Waals surface area contributed by atoms with Gasteiger partial charge >= 0.3 is 0 Å². The van der Waals surface area contributed by atoms with E-state index in [4.69, 9.17) is 4.43 Å². The third-order valence-corrected chi connectivity index (χ3v) is 19.9. The van der Waals surface area contributed by atoms with Crippen molar-refractivity contribution in [3.63, 3.8) is 0 Å². The summed E-state index contributed by atoms with van der Waals surface area (Å²) in [6, 6.07) is 26.3. The molecule has 200 valence electrons. The van der Waals surface area contributed by atoms with Crippen LogP contribution in [-0.2, 0) is 4.43 Å². The Balaban J connectivity index is 1.45. The Hall–Kier alpha value is -2.15. The van der Waals surface area contributed by atoms with Crippen molar-refractivity contribution in [2.24, 2.45) is 0 Å². The van der Waals surface area contributed by atoms with Gasteiger partial charge in [0.05, 0.1) is 20.2 Å². The second-order valence-electron chi connectivity index (χ2n) is 14.4. The smallest absolute Gasteiger partial charge is 0.192 e. The van der Waals surface area contributed by atoms with E-state index in [1.54, 1.807) is 22.3 Å². The zero-order valence-corrected chi connectivity index (χ0v) is 26.8. The Labute approximate surface area is 232 Å². The minimum Gasteiger partial charge on any atom is -0.410 e. The number of hydrogen-bond acceptors (Lipinski definition) is 2. The van der Waals surface area contributed by atoms with E-state index in [2.05, 4.69) is 133 Å². The van der Waals surface area contributed by atoms with Crippen molar-refractivity contribution in [3.8, 4) is 0 Å². The number of anilines is 1. The first kappa shape index (κ1) is 26.1. The number of aryl methyl sites for hydroxylation is 1. The third kappa shape index (κ3) is 3.74. The molecule has 6 rings (SSSR count). The van der Waals surface area contributed by atoms with E-state index in [-0.39, 0.29) is 11.1 Å². The van der Waals surface area contributed by atoms with Gasteiger partial charge in [-0.25, -0.2) is 0 Å². The average molecular weight is 540 g/mol. The van der Waals surface area contributed by atoms with E-state index < -0.39 is 16.4 Å². The van der Waals surface area contributed by atoms with Gasteiger partial charge in [0.15, 0.2) is 8.32 Å². The first-order valence-electron chi connectivity index (χ1n) is 14.5. The molecule has 38 heavy (non-hydrogen) atoms. The van der Waals surface area contributed by atoms with Crippen LogP contribution in [-0.4, -0.2) is 23.4 Å². The lowest BCUT2D eigenvalue weighted by atomic mass is 9.94. The SMILES string of the molecule is Cc1ccc2c(c1)C1C(c3ccccc3C1[Si](C)(C)C1CC(O[Si](C)(C)C(C)(C)C)c3ccccc31)N2C. The van der Waals surface area contributed by atoms with Crippen molar-refractivity contribution in [2.45, 2.75) is 94.5 Å². The fraction of sp³-hybridized carbons (Fsp3) is 0.471. The summed E-state index contributed by atoms with van der Waals surface area (Å²) < 4.78 is 7.18. The quantitative estimate of drug-likeness (QED) is 0.306. The summed E-state index contributed by atoms with van der Waals surface area (Å²) in [5.41, 5.74) is 11.8. The van der Waals surface area contributed by atoms with Crippen LogP contribution in [0.1, 0.15) is 89.7 Å². The van der Waals surface area contributed by atoms with Gasteiger partial charge in [-0.15, -0.1) is 0 Å². The van der Waals surface area contributed by atoms with Crippen LogP contribution in [0.3, 0.4) is 0 Å². The highest BCUT2D eigenvalue weighted by Crippen LogP contribution is 2.65. The zero-order chi connectivity index (χ0) is 27.2. The van der Waals surface area contributed by atoms with Gasteiger partial charge in [-0.3, -0.25) is 0 Å². The maximum atomic E-state index is 7.18. The minimum atomic E-state index is -1.90. The van der Waals surface area contributed by atoms with Crippen LogP contribution in [0.4, 0.5) is 5.69 Å². The Bertz CT molecular complexity index is 1390. The molecule has 0 saturated heterocycles. The molecule has 1 aliphatic heterocycles. The van der Waals surface area contributed by atoms with Crippen molar-refractivity contribution in [2.75, 3.05) is 11.9 Å². The highest BCUT2D eigenvalue weighted by molar-refractivity contribution is 6.80. The Morgan fingerprint density at radius 1 is 0.789 bits per heavy atom. The first-order valence-corrected chi connectivity index (χ1v) is 20.6. The lowest BCUT2D eigenvalue weighted by Crippen LogP contribution is -2.44. The van der Waals surface area contributed by atoms with Gasteiger partial charge in [-0.2, -0.15) is 0 Å². The van der Waals surface area contributed by atoms with Gasteiger partial charge in [0.1, 0.15) is 0 Å². The van der Waals surface area contributed by atoms with E-state index in [1.807, 2.05) is 0 Å². The molecule has 0 bridgehead atoms. The monoisotopic (exact) mass is 539 g/mol. The molecule has 0 saturated carbocycles. The molecule has 3 aliphatic rings. The number of rotatable bonds is 4. The van der Waals surface area contributed by atoms with E-state index in [0.717, 1.165) is 6.42 Å². The van der Waals surface area contributed by atoms with Crippen molar-refractivity contribution < 1.29 is 4.43 Å². The molecule has 5 unspecified atom stereocenters. The normalized spacial score (nSPS) is 26.2. The summed E-state index contributed by atoms with van der Waals surface area (Å²) in [4.78, 5) is 2.58. The van der Waals surface area contributed by atoms with Crippen LogP contribution < -0.4 is 4.90 Å². The van der Waals surface area contributed by atoms with E-state index >= 15 is 0 Å². The number of hydrogen-bond donors (Lipinski definition) is 0. The Morgan fingerprint density at radius 3 is 2.05 bits per heavy atom. The molecule has 0 amide bonds. The van der Waals surface area contributed by atoms with Gasteiger partial charge in [-0.1, -0.05) is 100 Å². The van der Waals surface area contributed by atoms with E-state index in [9.17, 15) is 0 Å². The molecule has 0 radical (unpaired) electrons. The van der Waals surface area contributed by atoms with Crippen LogP contribution in [0.5, 0.6) is 0 Å². The maximum Gasteiger partial charge on any atom is 0.192 e. The topological polar surface area (TPSA) is 12.5 Å². The molecule has 0 spiro atoms.